The molecule has 0 aliphatic rings. The Morgan fingerprint density at radius 1 is 0.963 bits per heavy atom. The van der Waals surface area contributed by atoms with Crippen molar-refractivity contribution in [2.24, 2.45) is 0 Å². The maximum Gasteiger partial charge on any atom is 0.337 e. The molecule has 136 valence electrons. The number of anilines is 1. The van der Waals surface area contributed by atoms with Crippen LogP contribution in [-0.4, -0.2) is 34.9 Å². The molecule has 0 saturated carbocycles. The average molecular weight is 379 g/mol. The van der Waals surface area contributed by atoms with Crippen molar-refractivity contribution < 1.29 is 14.3 Å². The van der Waals surface area contributed by atoms with E-state index in [1.807, 2.05) is 42.5 Å². The number of aromatic nitrogens is 2. The van der Waals surface area contributed by atoms with Crippen LogP contribution in [0.25, 0.3) is 11.3 Å². The van der Waals surface area contributed by atoms with Crippen molar-refractivity contribution in [3.63, 3.8) is 0 Å². The first-order chi connectivity index (χ1) is 13.2. The first-order valence-corrected chi connectivity index (χ1v) is 9.14. The predicted molar refractivity (Wildman–Crippen MR) is 105 cm³/mol. The summed E-state index contributed by atoms with van der Waals surface area (Å²) in [5.41, 5.74) is 2.82. The zero-order valence-corrected chi connectivity index (χ0v) is 15.4. The highest BCUT2D eigenvalue weighted by molar-refractivity contribution is 7.99. The Bertz CT molecular complexity index is 913. The van der Waals surface area contributed by atoms with E-state index < -0.39 is 5.97 Å². The van der Waals surface area contributed by atoms with Gasteiger partial charge in [0.25, 0.3) is 0 Å². The number of methoxy groups -OCH3 is 1. The molecule has 1 heterocycles. The highest BCUT2D eigenvalue weighted by Crippen LogP contribution is 2.20. The highest BCUT2D eigenvalue weighted by Gasteiger charge is 2.08. The van der Waals surface area contributed by atoms with Gasteiger partial charge in [-0.2, -0.15) is 0 Å². The van der Waals surface area contributed by atoms with Crippen LogP contribution in [-0.2, 0) is 9.53 Å². The van der Waals surface area contributed by atoms with Crippen LogP contribution >= 0.6 is 11.8 Å². The van der Waals surface area contributed by atoms with Crippen LogP contribution in [0.15, 0.2) is 71.8 Å². The molecule has 1 aromatic heterocycles. The normalized spacial score (nSPS) is 10.3. The predicted octanol–water partition coefficient (Wildman–Crippen LogP) is 3.66. The maximum atomic E-state index is 12.1. The molecule has 0 fully saturated rings. The lowest BCUT2D eigenvalue weighted by molar-refractivity contribution is -0.113. The molecular formula is C20H17N3O3S. The van der Waals surface area contributed by atoms with Gasteiger partial charge in [-0.1, -0.05) is 42.1 Å². The van der Waals surface area contributed by atoms with Gasteiger partial charge in [0.05, 0.1) is 24.1 Å². The molecule has 0 spiro atoms. The van der Waals surface area contributed by atoms with Gasteiger partial charge < -0.3 is 10.1 Å². The summed E-state index contributed by atoms with van der Waals surface area (Å²) in [6.45, 7) is 0. The summed E-state index contributed by atoms with van der Waals surface area (Å²) >= 11 is 1.30. The van der Waals surface area contributed by atoms with Crippen molar-refractivity contribution in [2.45, 2.75) is 5.03 Å². The number of esters is 1. The fraction of sp³-hybridized carbons (Fsp3) is 0.100. The Morgan fingerprint density at radius 2 is 1.70 bits per heavy atom. The van der Waals surface area contributed by atoms with Gasteiger partial charge in [0.1, 0.15) is 5.03 Å². The third-order valence-electron chi connectivity index (χ3n) is 3.65. The Morgan fingerprint density at radius 3 is 2.33 bits per heavy atom. The molecule has 27 heavy (non-hydrogen) atoms. The minimum Gasteiger partial charge on any atom is -0.465 e. The number of carbonyl (C=O) groups is 2. The largest absolute Gasteiger partial charge is 0.465 e. The van der Waals surface area contributed by atoms with Gasteiger partial charge in [-0.3, -0.25) is 4.79 Å². The van der Waals surface area contributed by atoms with E-state index in [0.717, 1.165) is 11.3 Å². The molecule has 0 aliphatic carbocycles. The number of nitrogens with zero attached hydrogens (tertiary/aromatic N) is 2. The van der Waals surface area contributed by atoms with Gasteiger partial charge in [0, 0.05) is 11.3 Å². The van der Waals surface area contributed by atoms with E-state index in [1.165, 1.54) is 18.9 Å². The van der Waals surface area contributed by atoms with Crippen molar-refractivity contribution in [3.05, 3.63) is 72.3 Å². The van der Waals surface area contributed by atoms with E-state index in [2.05, 4.69) is 20.3 Å². The molecule has 0 unspecified atom stereocenters. The van der Waals surface area contributed by atoms with E-state index in [9.17, 15) is 9.59 Å². The van der Waals surface area contributed by atoms with Crippen LogP contribution in [0.4, 0.5) is 5.69 Å². The van der Waals surface area contributed by atoms with Crippen molar-refractivity contribution in [1.29, 1.82) is 0 Å². The summed E-state index contributed by atoms with van der Waals surface area (Å²) in [6.07, 6.45) is 0. The maximum absolute atomic E-state index is 12.1. The smallest absolute Gasteiger partial charge is 0.337 e. The highest BCUT2D eigenvalue weighted by atomic mass is 32.2. The molecular weight excluding hydrogens is 362 g/mol. The van der Waals surface area contributed by atoms with Crippen LogP contribution in [0, 0.1) is 0 Å². The number of amides is 1. The molecule has 6 nitrogen and oxygen atoms in total. The number of ether oxygens (including phenoxy) is 1. The second kappa shape index (κ2) is 8.95. The molecule has 0 bridgehead atoms. The molecule has 0 atom stereocenters. The monoisotopic (exact) mass is 379 g/mol. The second-order valence-electron chi connectivity index (χ2n) is 5.53. The molecule has 3 rings (SSSR count). The summed E-state index contributed by atoms with van der Waals surface area (Å²) in [5.74, 6) is -0.376. The molecule has 2 aromatic carbocycles. The summed E-state index contributed by atoms with van der Waals surface area (Å²) in [7, 11) is 1.32. The van der Waals surface area contributed by atoms with Gasteiger partial charge >= 0.3 is 5.97 Å². The third-order valence-corrected chi connectivity index (χ3v) is 4.57. The molecule has 3 aromatic rings. The van der Waals surface area contributed by atoms with E-state index >= 15 is 0 Å². The van der Waals surface area contributed by atoms with Crippen LogP contribution in [0.2, 0.25) is 0 Å². The van der Waals surface area contributed by atoms with Crippen molar-refractivity contribution >= 4 is 29.3 Å². The number of hydrogen-bond donors (Lipinski definition) is 1. The van der Waals surface area contributed by atoms with Crippen molar-refractivity contribution in [1.82, 2.24) is 10.2 Å². The first kappa shape index (κ1) is 18.6. The lowest BCUT2D eigenvalue weighted by Crippen LogP contribution is -2.14. The number of benzene rings is 2. The lowest BCUT2D eigenvalue weighted by Gasteiger charge is -2.06. The van der Waals surface area contributed by atoms with E-state index in [4.69, 9.17) is 0 Å². The number of carbonyl (C=O) groups excluding carboxylic acids is 2. The second-order valence-corrected chi connectivity index (χ2v) is 6.52. The summed E-state index contributed by atoms with van der Waals surface area (Å²) in [5, 5.41) is 11.8. The fourth-order valence-corrected chi connectivity index (χ4v) is 2.92. The molecule has 7 heteroatoms. The number of thioether (sulfide) groups is 1. The van der Waals surface area contributed by atoms with Crippen molar-refractivity contribution in [2.75, 3.05) is 18.2 Å². The van der Waals surface area contributed by atoms with E-state index in [0.29, 0.717) is 16.3 Å². The minimum absolute atomic E-state index is 0.167. The molecule has 0 saturated heterocycles. The van der Waals surface area contributed by atoms with Crippen LogP contribution in [0.1, 0.15) is 10.4 Å². The Labute approximate surface area is 161 Å². The molecule has 0 radical (unpaired) electrons. The fourth-order valence-electron chi connectivity index (χ4n) is 2.30. The third kappa shape index (κ3) is 5.15. The van der Waals surface area contributed by atoms with E-state index in [-0.39, 0.29) is 11.7 Å². The van der Waals surface area contributed by atoms with E-state index in [1.54, 1.807) is 24.3 Å². The van der Waals surface area contributed by atoms with Crippen LogP contribution < -0.4 is 5.32 Å². The average Bonchev–Trinajstić information content (AvgIpc) is 2.73. The van der Waals surface area contributed by atoms with Gasteiger partial charge in [-0.25, -0.2) is 4.79 Å². The van der Waals surface area contributed by atoms with Gasteiger partial charge in [-0.05, 0) is 36.4 Å². The molecule has 1 amide bonds. The molecule has 1 N–H and O–H groups in total. The summed E-state index contributed by atoms with van der Waals surface area (Å²) in [6, 6.07) is 20.0. The first-order valence-electron chi connectivity index (χ1n) is 8.16. The zero-order valence-electron chi connectivity index (χ0n) is 14.6. The number of hydrogen-bond acceptors (Lipinski definition) is 6. The lowest BCUT2D eigenvalue weighted by atomic mass is 10.1. The van der Waals surface area contributed by atoms with Gasteiger partial charge in [-0.15, -0.1) is 10.2 Å². The number of rotatable bonds is 6. The molecule has 0 aliphatic heterocycles. The SMILES string of the molecule is COC(=O)c1ccc(NC(=O)CSc2ccc(-c3ccccc3)nn2)cc1. The quantitative estimate of drug-likeness (QED) is 0.520. The van der Waals surface area contributed by atoms with Gasteiger partial charge in [0.2, 0.25) is 5.91 Å². The standard InChI is InChI=1S/C20H17N3O3S/c1-26-20(25)15-7-9-16(10-8-15)21-18(24)13-27-19-12-11-17(22-23-19)14-5-3-2-4-6-14/h2-12H,13H2,1H3,(H,21,24). The van der Waals surface area contributed by atoms with Gasteiger partial charge in [0.15, 0.2) is 0 Å². The van der Waals surface area contributed by atoms with Crippen molar-refractivity contribution in [3.8, 4) is 11.3 Å². The topological polar surface area (TPSA) is 81.2 Å². The van der Waals surface area contributed by atoms with Crippen LogP contribution in [0.3, 0.4) is 0 Å². The Hall–Kier alpha value is -3.19. The zero-order chi connectivity index (χ0) is 19.1. The van der Waals surface area contributed by atoms with Crippen LogP contribution in [0.5, 0.6) is 0 Å². The Balaban J connectivity index is 1.52. The summed E-state index contributed by atoms with van der Waals surface area (Å²) in [4.78, 5) is 23.5. The Kier molecular flexibility index (Phi) is 6.17. The summed E-state index contributed by atoms with van der Waals surface area (Å²) < 4.78 is 4.64. The number of nitrogens with one attached hydrogen (secondary N) is 1. The minimum atomic E-state index is -0.416.